The summed E-state index contributed by atoms with van der Waals surface area (Å²) < 4.78 is 0. The van der Waals surface area contributed by atoms with Gasteiger partial charge in [0.05, 0.1) is 5.60 Å². The summed E-state index contributed by atoms with van der Waals surface area (Å²) in [4.78, 5) is 23.8. The van der Waals surface area contributed by atoms with Crippen LogP contribution in [0.15, 0.2) is 0 Å². The van der Waals surface area contributed by atoms with Crippen LogP contribution in [0.25, 0.3) is 0 Å². The minimum atomic E-state index is -0.504. The molecule has 0 heterocycles. The Morgan fingerprint density at radius 1 is 1.09 bits per heavy atom. The van der Waals surface area contributed by atoms with Crippen LogP contribution in [0.3, 0.4) is 0 Å². The lowest BCUT2D eigenvalue weighted by Gasteiger charge is -2.60. The normalized spacial score (nSPS) is 37.9. The fourth-order valence-electron chi connectivity index (χ4n) is 5.60. The molecule has 0 aromatic rings. The molecular formula is C18H30N2O3. The highest BCUT2D eigenvalue weighted by molar-refractivity contribution is 5.78. The molecule has 4 aliphatic rings. The first-order chi connectivity index (χ1) is 10.8. The lowest BCUT2D eigenvalue weighted by atomic mass is 9.47. The molecule has 4 fully saturated rings. The van der Waals surface area contributed by atoms with Gasteiger partial charge >= 0.3 is 0 Å². The quantitative estimate of drug-likeness (QED) is 0.650. The molecule has 0 aromatic heterocycles. The molecule has 5 nitrogen and oxygen atoms in total. The maximum absolute atomic E-state index is 12.3. The van der Waals surface area contributed by atoms with E-state index in [1.54, 1.807) is 0 Å². The van der Waals surface area contributed by atoms with Crippen molar-refractivity contribution in [2.45, 2.75) is 64.4 Å². The van der Waals surface area contributed by atoms with Gasteiger partial charge in [0, 0.05) is 25.4 Å². The third-order valence-electron chi connectivity index (χ3n) is 5.96. The van der Waals surface area contributed by atoms with Crippen molar-refractivity contribution in [3.8, 4) is 0 Å². The van der Waals surface area contributed by atoms with E-state index in [0.29, 0.717) is 31.3 Å². The number of hydrogen-bond donors (Lipinski definition) is 3. The van der Waals surface area contributed by atoms with Crippen LogP contribution < -0.4 is 10.6 Å². The van der Waals surface area contributed by atoms with E-state index < -0.39 is 5.60 Å². The summed E-state index contributed by atoms with van der Waals surface area (Å²) in [5.41, 5.74) is -0.486. The van der Waals surface area contributed by atoms with E-state index in [-0.39, 0.29) is 23.1 Å². The molecule has 3 N–H and O–H groups in total. The van der Waals surface area contributed by atoms with Gasteiger partial charge in [-0.3, -0.25) is 9.59 Å². The summed E-state index contributed by atoms with van der Waals surface area (Å²) in [6.45, 7) is 4.66. The van der Waals surface area contributed by atoms with Gasteiger partial charge < -0.3 is 15.7 Å². The minimum absolute atomic E-state index is 0.0163. The van der Waals surface area contributed by atoms with Gasteiger partial charge in [-0.15, -0.1) is 0 Å². The number of carbonyl (C=O) groups is 2. The van der Waals surface area contributed by atoms with Crippen molar-refractivity contribution < 1.29 is 14.7 Å². The van der Waals surface area contributed by atoms with Crippen molar-refractivity contribution in [2.24, 2.45) is 23.2 Å². The van der Waals surface area contributed by atoms with Crippen molar-refractivity contribution >= 4 is 11.8 Å². The summed E-state index contributed by atoms with van der Waals surface area (Å²) in [7, 11) is 0. The molecule has 4 rings (SSSR count). The highest BCUT2D eigenvalue weighted by Gasteiger charge is 2.57. The number of amides is 2. The molecule has 0 aromatic carbocycles. The summed E-state index contributed by atoms with van der Waals surface area (Å²) in [6, 6.07) is 0. The van der Waals surface area contributed by atoms with Crippen molar-refractivity contribution in [3.63, 3.8) is 0 Å². The summed E-state index contributed by atoms with van der Waals surface area (Å²) >= 11 is 0. The van der Waals surface area contributed by atoms with Crippen LogP contribution in [0.1, 0.15) is 58.8 Å². The standard InChI is InChI=1S/C18H30N2O3/c1-12(2)16(22)20-4-3-19-15(21)10-17-6-13-5-14(7-17)9-18(23,8-13)11-17/h12-14,23H,3-11H2,1-2H3,(H,19,21)(H,20,22). The molecule has 23 heavy (non-hydrogen) atoms. The third-order valence-corrected chi connectivity index (χ3v) is 5.96. The summed E-state index contributed by atoms with van der Waals surface area (Å²) in [5.74, 6) is 1.27. The Hall–Kier alpha value is -1.10. The molecule has 0 saturated heterocycles. The molecule has 2 amide bonds. The zero-order chi connectivity index (χ0) is 16.7. The van der Waals surface area contributed by atoms with Crippen LogP contribution in [-0.4, -0.2) is 35.6 Å². The molecule has 4 saturated carbocycles. The van der Waals surface area contributed by atoms with E-state index in [1.165, 1.54) is 6.42 Å². The van der Waals surface area contributed by atoms with Gasteiger partial charge in [-0.1, -0.05) is 13.8 Å². The summed E-state index contributed by atoms with van der Waals surface area (Å²) in [5, 5.41) is 16.5. The molecule has 4 bridgehead atoms. The number of rotatable bonds is 6. The van der Waals surface area contributed by atoms with Crippen LogP contribution >= 0.6 is 0 Å². The van der Waals surface area contributed by atoms with Gasteiger partial charge in [-0.2, -0.15) is 0 Å². The van der Waals surface area contributed by atoms with Gasteiger partial charge in [0.25, 0.3) is 0 Å². The van der Waals surface area contributed by atoms with Crippen LogP contribution in [0.5, 0.6) is 0 Å². The molecule has 2 atom stereocenters. The Bertz CT molecular complexity index is 475. The largest absolute Gasteiger partial charge is 0.390 e. The number of aliphatic hydroxyl groups is 1. The Morgan fingerprint density at radius 3 is 2.26 bits per heavy atom. The van der Waals surface area contributed by atoms with E-state index in [9.17, 15) is 14.7 Å². The van der Waals surface area contributed by atoms with Crippen molar-refractivity contribution in [2.75, 3.05) is 13.1 Å². The number of hydrogen-bond acceptors (Lipinski definition) is 3. The Balaban J connectivity index is 1.46. The van der Waals surface area contributed by atoms with E-state index in [2.05, 4.69) is 10.6 Å². The monoisotopic (exact) mass is 322 g/mol. The lowest BCUT2D eigenvalue weighted by molar-refractivity contribution is -0.169. The van der Waals surface area contributed by atoms with E-state index in [4.69, 9.17) is 0 Å². The molecule has 0 aliphatic heterocycles. The van der Waals surface area contributed by atoms with Crippen LogP contribution in [0.4, 0.5) is 0 Å². The van der Waals surface area contributed by atoms with Crippen LogP contribution in [0.2, 0.25) is 0 Å². The maximum atomic E-state index is 12.3. The fourth-order valence-corrected chi connectivity index (χ4v) is 5.60. The second-order valence-electron chi connectivity index (χ2n) is 8.66. The van der Waals surface area contributed by atoms with Gasteiger partial charge in [-0.25, -0.2) is 0 Å². The lowest BCUT2D eigenvalue weighted by Crippen LogP contribution is -2.56. The predicted molar refractivity (Wildman–Crippen MR) is 87.5 cm³/mol. The van der Waals surface area contributed by atoms with Crippen molar-refractivity contribution in [1.82, 2.24) is 10.6 Å². The molecule has 2 unspecified atom stereocenters. The van der Waals surface area contributed by atoms with E-state index >= 15 is 0 Å². The average Bonchev–Trinajstić information content (AvgIpc) is 2.39. The Morgan fingerprint density at radius 2 is 1.70 bits per heavy atom. The third kappa shape index (κ3) is 3.70. The molecule has 0 spiro atoms. The smallest absolute Gasteiger partial charge is 0.222 e. The fraction of sp³-hybridized carbons (Fsp3) is 0.889. The zero-order valence-electron chi connectivity index (χ0n) is 14.4. The zero-order valence-corrected chi connectivity index (χ0v) is 14.4. The Kier molecular flexibility index (Phi) is 4.43. The summed E-state index contributed by atoms with van der Waals surface area (Å²) in [6.07, 6.45) is 6.65. The highest BCUT2D eigenvalue weighted by Crippen LogP contribution is 2.62. The molecule has 4 aliphatic carbocycles. The highest BCUT2D eigenvalue weighted by atomic mass is 16.3. The first-order valence-electron chi connectivity index (χ1n) is 9.06. The molecule has 5 heteroatoms. The van der Waals surface area contributed by atoms with E-state index in [1.807, 2.05) is 13.8 Å². The van der Waals surface area contributed by atoms with E-state index in [0.717, 1.165) is 32.1 Å². The Labute approximate surface area is 138 Å². The van der Waals surface area contributed by atoms with Crippen molar-refractivity contribution in [3.05, 3.63) is 0 Å². The van der Waals surface area contributed by atoms with Crippen LogP contribution in [-0.2, 0) is 9.59 Å². The van der Waals surface area contributed by atoms with Gasteiger partial charge in [0.15, 0.2) is 0 Å². The van der Waals surface area contributed by atoms with Crippen molar-refractivity contribution in [1.29, 1.82) is 0 Å². The maximum Gasteiger partial charge on any atom is 0.222 e. The van der Waals surface area contributed by atoms with Crippen LogP contribution in [0, 0.1) is 23.2 Å². The SMILES string of the molecule is CC(C)C(=O)NCCNC(=O)CC12CC3CC(CC(O)(C3)C1)C2. The molecular weight excluding hydrogens is 292 g/mol. The minimum Gasteiger partial charge on any atom is -0.390 e. The second kappa shape index (κ2) is 6.08. The molecule has 0 radical (unpaired) electrons. The predicted octanol–water partition coefficient (Wildman–Crippen LogP) is 1.60. The average molecular weight is 322 g/mol. The number of nitrogens with one attached hydrogen (secondary N) is 2. The first-order valence-corrected chi connectivity index (χ1v) is 9.06. The van der Waals surface area contributed by atoms with Gasteiger partial charge in [0.1, 0.15) is 0 Å². The second-order valence-corrected chi connectivity index (χ2v) is 8.66. The number of carbonyl (C=O) groups excluding carboxylic acids is 2. The topological polar surface area (TPSA) is 78.4 Å². The molecule has 130 valence electrons. The van der Waals surface area contributed by atoms with Gasteiger partial charge in [-0.05, 0) is 55.8 Å². The van der Waals surface area contributed by atoms with Gasteiger partial charge in [0.2, 0.25) is 11.8 Å². The first kappa shape index (κ1) is 16.7.